The number of hydrogen-bond acceptors (Lipinski definition) is 4. The van der Waals surface area contributed by atoms with Crippen LogP contribution in [0.2, 0.25) is 4.34 Å². The number of nitrogens with zero attached hydrogens (tertiary/aromatic N) is 2. The summed E-state index contributed by atoms with van der Waals surface area (Å²) in [4.78, 5) is 6.14. The predicted octanol–water partition coefficient (Wildman–Crippen LogP) is 1.74. The highest BCUT2D eigenvalue weighted by Crippen LogP contribution is 2.21. The fourth-order valence-electron chi connectivity index (χ4n) is 2.13. The van der Waals surface area contributed by atoms with Crippen molar-refractivity contribution in [2.75, 3.05) is 40.3 Å². The monoisotopic (exact) mass is 273 g/mol. The van der Waals surface area contributed by atoms with Crippen LogP contribution in [0.3, 0.4) is 0 Å². The summed E-state index contributed by atoms with van der Waals surface area (Å²) in [7, 11) is 4.40. The van der Waals surface area contributed by atoms with Gasteiger partial charge in [0.05, 0.1) is 4.34 Å². The van der Waals surface area contributed by atoms with E-state index in [1.807, 2.05) is 6.07 Å². The average molecular weight is 274 g/mol. The number of nitrogens with one attached hydrogen (secondary N) is 1. The first-order chi connectivity index (χ1) is 8.15. The Morgan fingerprint density at radius 2 is 2.24 bits per heavy atom. The van der Waals surface area contributed by atoms with Gasteiger partial charge in [0.1, 0.15) is 0 Å². The van der Waals surface area contributed by atoms with Crippen LogP contribution in [0.25, 0.3) is 0 Å². The second kappa shape index (κ2) is 6.16. The second-order valence-corrected chi connectivity index (χ2v) is 6.53. The molecule has 1 aliphatic heterocycles. The standard InChI is InChI=1S/C12H20ClN3S/c1-15-5-6-16(2)10(9-15)7-14-8-11-3-4-12(13)17-11/h3-4,10,14H,5-9H2,1-2H3. The van der Waals surface area contributed by atoms with Gasteiger partial charge in [-0.1, -0.05) is 11.6 Å². The van der Waals surface area contributed by atoms with Crippen LogP contribution < -0.4 is 5.32 Å². The molecule has 96 valence electrons. The molecule has 17 heavy (non-hydrogen) atoms. The Morgan fingerprint density at radius 3 is 2.94 bits per heavy atom. The SMILES string of the molecule is CN1CCN(C)C(CNCc2ccc(Cl)s2)C1. The molecule has 0 amide bonds. The first-order valence-corrected chi connectivity index (χ1v) is 7.18. The molecule has 3 nitrogen and oxygen atoms in total. The summed E-state index contributed by atoms with van der Waals surface area (Å²) in [6.07, 6.45) is 0. The van der Waals surface area contributed by atoms with Gasteiger partial charge in [0.25, 0.3) is 0 Å². The van der Waals surface area contributed by atoms with Gasteiger partial charge in [0, 0.05) is 43.6 Å². The Kier molecular flexibility index (Phi) is 4.82. The molecule has 2 heterocycles. The lowest BCUT2D eigenvalue weighted by molar-refractivity contribution is 0.113. The molecule has 5 heteroatoms. The van der Waals surface area contributed by atoms with Gasteiger partial charge in [-0.05, 0) is 26.2 Å². The number of hydrogen-bond donors (Lipinski definition) is 1. The van der Waals surface area contributed by atoms with E-state index in [-0.39, 0.29) is 0 Å². The van der Waals surface area contributed by atoms with E-state index in [9.17, 15) is 0 Å². The third-order valence-corrected chi connectivity index (χ3v) is 4.52. The minimum Gasteiger partial charge on any atom is -0.310 e. The van der Waals surface area contributed by atoms with E-state index < -0.39 is 0 Å². The summed E-state index contributed by atoms with van der Waals surface area (Å²) in [5.74, 6) is 0. The second-order valence-electron chi connectivity index (χ2n) is 4.73. The van der Waals surface area contributed by atoms with Gasteiger partial charge in [-0.25, -0.2) is 0 Å². The number of thiophene rings is 1. The Bertz CT molecular complexity index is 355. The molecule has 0 aliphatic carbocycles. The van der Waals surface area contributed by atoms with Crippen molar-refractivity contribution in [2.45, 2.75) is 12.6 Å². The predicted molar refractivity (Wildman–Crippen MR) is 75.0 cm³/mol. The molecule has 1 atom stereocenters. The highest BCUT2D eigenvalue weighted by molar-refractivity contribution is 7.16. The highest BCUT2D eigenvalue weighted by Gasteiger charge is 2.21. The van der Waals surface area contributed by atoms with Crippen LogP contribution >= 0.6 is 22.9 Å². The van der Waals surface area contributed by atoms with E-state index in [4.69, 9.17) is 11.6 Å². The van der Waals surface area contributed by atoms with Gasteiger partial charge in [0.2, 0.25) is 0 Å². The van der Waals surface area contributed by atoms with Gasteiger partial charge < -0.3 is 10.2 Å². The van der Waals surface area contributed by atoms with Gasteiger partial charge in [0.15, 0.2) is 0 Å². The first kappa shape index (κ1) is 13.3. The smallest absolute Gasteiger partial charge is 0.0931 e. The number of rotatable bonds is 4. The van der Waals surface area contributed by atoms with Crippen molar-refractivity contribution in [1.29, 1.82) is 0 Å². The quantitative estimate of drug-likeness (QED) is 0.902. The summed E-state index contributed by atoms with van der Waals surface area (Å²) < 4.78 is 0.872. The van der Waals surface area contributed by atoms with Crippen molar-refractivity contribution in [2.24, 2.45) is 0 Å². The van der Waals surface area contributed by atoms with Gasteiger partial charge in [-0.2, -0.15) is 0 Å². The van der Waals surface area contributed by atoms with Crippen molar-refractivity contribution in [3.8, 4) is 0 Å². The lowest BCUT2D eigenvalue weighted by atomic mass is 10.2. The van der Waals surface area contributed by atoms with E-state index in [0.29, 0.717) is 6.04 Å². The maximum Gasteiger partial charge on any atom is 0.0931 e. The molecular weight excluding hydrogens is 254 g/mol. The van der Waals surface area contributed by atoms with E-state index in [1.165, 1.54) is 11.4 Å². The zero-order valence-electron chi connectivity index (χ0n) is 10.4. The lowest BCUT2D eigenvalue weighted by Gasteiger charge is -2.37. The van der Waals surface area contributed by atoms with Crippen LogP contribution in [0.5, 0.6) is 0 Å². The van der Waals surface area contributed by atoms with E-state index in [1.54, 1.807) is 11.3 Å². The third kappa shape index (κ3) is 3.93. The topological polar surface area (TPSA) is 18.5 Å². The van der Waals surface area contributed by atoms with Gasteiger partial charge in [-0.3, -0.25) is 4.90 Å². The summed E-state index contributed by atoms with van der Waals surface area (Å²) in [6.45, 7) is 5.44. The summed E-state index contributed by atoms with van der Waals surface area (Å²) in [5.41, 5.74) is 0. The fourth-order valence-corrected chi connectivity index (χ4v) is 3.19. The maximum atomic E-state index is 5.91. The Hall–Kier alpha value is -0.130. The fraction of sp³-hybridized carbons (Fsp3) is 0.667. The molecule has 1 aromatic heterocycles. The molecule has 0 bridgehead atoms. The van der Waals surface area contributed by atoms with Crippen LogP contribution in [0.15, 0.2) is 12.1 Å². The Balaban J connectivity index is 1.74. The van der Waals surface area contributed by atoms with Crippen LogP contribution in [0.4, 0.5) is 0 Å². The number of halogens is 1. The molecule has 2 rings (SSSR count). The zero-order chi connectivity index (χ0) is 12.3. The number of likely N-dealkylation sites (N-methyl/N-ethyl adjacent to an activating group) is 2. The largest absolute Gasteiger partial charge is 0.310 e. The molecule has 1 aliphatic rings. The lowest BCUT2D eigenvalue weighted by Crippen LogP contribution is -2.53. The van der Waals surface area contributed by atoms with E-state index in [2.05, 4.69) is 35.3 Å². The molecular formula is C12H20ClN3S. The third-order valence-electron chi connectivity index (χ3n) is 3.29. The first-order valence-electron chi connectivity index (χ1n) is 5.99. The molecule has 1 unspecified atom stereocenters. The van der Waals surface area contributed by atoms with E-state index >= 15 is 0 Å². The molecule has 1 fully saturated rings. The van der Waals surface area contributed by atoms with E-state index in [0.717, 1.165) is 30.5 Å². The molecule has 0 aromatic carbocycles. The van der Waals surface area contributed by atoms with Gasteiger partial charge >= 0.3 is 0 Å². The van der Waals surface area contributed by atoms with Crippen LogP contribution in [0.1, 0.15) is 4.88 Å². The van der Waals surface area contributed by atoms with Crippen molar-refractivity contribution >= 4 is 22.9 Å². The van der Waals surface area contributed by atoms with Crippen molar-refractivity contribution in [3.63, 3.8) is 0 Å². The minimum absolute atomic E-state index is 0.615. The summed E-state index contributed by atoms with van der Waals surface area (Å²) >= 11 is 7.56. The highest BCUT2D eigenvalue weighted by atomic mass is 35.5. The molecule has 1 N–H and O–H groups in total. The van der Waals surface area contributed by atoms with Crippen LogP contribution in [0, 0.1) is 0 Å². The number of piperazine rings is 1. The Labute approximate surface area is 112 Å². The average Bonchev–Trinajstić information content (AvgIpc) is 2.69. The molecule has 0 saturated carbocycles. The van der Waals surface area contributed by atoms with Gasteiger partial charge in [-0.15, -0.1) is 11.3 Å². The van der Waals surface area contributed by atoms with Crippen LogP contribution in [-0.4, -0.2) is 56.1 Å². The summed E-state index contributed by atoms with van der Waals surface area (Å²) in [5, 5.41) is 3.52. The molecule has 0 spiro atoms. The molecule has 1 aromatic rings. The van der Waals surface area contributed by atoms with Crippen LogP contribution in [-0.2, 0) is 6.54 Å². The summed E-state index contributed by atoms with van der Waals surface area (Å²) in [6, 6.07) is 4.67. The minimum atomic E-state index is 0.615. The van der Waals surface area contributed by atoms with Crippen molar-refractivity contribution < 1.29 is 0 Å². The normalized spacial score (nSPS) is 23.1. The van der Waals surface area contributed by atoms with Crippen molar-refractivity contribution in [1.82, 2.24) is 15.1 Å². The zero-order valence-corrected chi connectivity index (χ0v) is 12.0. The Morgan fingerprint density at radius 1 is 1.41 bits per heavy atom. The van der Waals surface area contributed by atoms with Crippen molar-refractivity contribution in [3.05, 3.63) is 21.3 Å². The molecule has 0 radical (unpaired) electrons. The maximum absolute atomic E-state index is 5.91. The molecule has 1 saturated heterocycles.